The average molecular weight is 513 g/mol. The summed E-state index contributed by atoms with van der Waals surface area (Å²) >= 11 is 0. The Labute approximate surface area is 217 Å². The molecule has 0 amide bonds. The molecule has 0 radical (unpaired) electrons. The fraction of sp³-hybridized carbons (Fsp3) is 0.517. The molecule has 8 heteroatoms. The van der Waals surface area contributed by atoms with Crippen molar-refractivity contribution in [3.63, 3.8) is 0 Å². The number of rotatable bonds is 7. The van der Waals surface area contributed by atoms with Gasteiger partial charge < -0.3 is 28.8 Å². The van der Waals surface area contributed by atoms with Crippen LogP contribution in [0, 0.1) is 11.8 Å². The minimum Gasteiger partial charge on any atom is -0.504 e. The van der Waals surface area contributed by atoms with Gasteiger partial charge in [0, 0.05) is 23.5 Å². The summed E-state index contributed by atoms with van der Waals surface area (Å²) in [5.41, 5.74) is 2.77. The molecule has 2 bridgehead atoms. The number of carbonyl (C=O) groups is 2. The van der Waals surface area contributed by atoms with Crippen molar-refractivity contribution < 1.29 is 38.4 Å². The topological polar surface area (TPSA) is 101 Å². The molecular weight excluding hydrogens is 476 g/mol. The maximum atomic E-state index is 12.8. The summed E-state index contributed by atoms with van der Waals surface area (Å²) in [7, 11) is 1.51. The lowest BCUT2D eigenvalue weighted by Gasteiger charge is -2.36. The molecule has 37 heavy (non-hydrogen) atoms. The predicted molar refractivity (Wildman–Crippen MR) is 136 cm³/mol. The van der Waals surface area contributed by atoms with E-state index in [4.69, 9.17) is 23.7 Å². The average Bonchev–Trinajstić information content (AvgIpc) is 3.35. The Morgan fingerprint density at radius 1 is 1.32 bits per heavy atom. The third-order valence-electron chi connectivity index (χ3n) is 7.68. The van der Waals surface area contributed by atoms with E-state index in [0.29, 0.717) is 42.8 Å². The third-order valence-corrected chi connectivity index (χ3v) is 7.68. The summed E-state index contributed by atoms with van der Waals surface area (Å²) in [6, 6.07) is 5.20. The first-order chi connectivity index (χ1) is 17.6. The summed E-state index contributed by atoms with van der Waals surface area (Å²) < 4.78 is 29.8. The molecule has 8 nitrogen and oxygen atoms in total. The van der Waals surface area contributed by atoms with E-state index < -0.39 is 35.9 Å². The van der Waals surface area contributed by atoms with Gasteiger partial charge in [0.25, 0.3) is 0 Å². The van der Waals surface area contributed by atoms with Crippen molar-refractivity contribution >= 4 is 11.9 Å². The summed E-state index contributed by atoms with van der Waals surface area (Å²) in [5, 5.41) is 9.88. The fourth-order valence-electron chi connectivity index (χ4n) is 5.32. The highest BCUT2D eigenvalue weighted by molar-refractivity contribution is 5.91. The van der Waals surface area contributed by atoms with Crippen LogP contribution in [0.5, 0.6) is 11.5 Å². The summed E-state index contributed by atoms with van der Waals surface area (Å²) in [5.74, 6) is -2.11. The molecule has 200 valence electrons. The summed E-state index contributed by atoms with van der Waals surface area (Å²) in [6.45, 7) is 11.8. The van der Waals surface area contributed by atoms with E-state index in [1.165, 1.54) is 7.11 Å². The number of phenolic OH excluding ortho intramolecular Hbond substituents is 1. The maximum Gasteiger partial charge on any atom is 0.334 e. The van der Waals surface area contributed by atoms with Crippen molar-refractivity contribution in [1.29, 1.82) is 0 Å². The van der Waals surface area contributed by atoms with Crippen LogP contribution in [0.3, 0.4) is 0 Å². The van der Waals surface area contributed by atoms with Gasteiger partial charge in [0.15, 0.2) is 17.3 Å². The largest absolute Gasteiger partial charge is 0.504 e. The van der Waals surface area contributed by atoms with Gasteiger partial charge in [-0.15, -0.1) is 0 Å². The molecule has 3 aliphatic heterocycles. The molecule has 1 N–H and O–H groups in total. The molecule has 0 saturated carbocycles. The Hall–Kier alpha value is -3.10. The van der Waals surface area contributed by atoms with Crippen LogP contribution in [0.15, 0.2) is 53.6 Å². The number of aromatic hydroxyl groups is 1. The first-order valence-electron chi connectivity index (χ1n) is 12.7. The highest BCUT2D eigenvalue weighted by atomic mass is 16.7. The van der Waals surface area contributed by atoms with Crippen LogP contribution >= 0.6 is 0 Å². The second-order valence-corrected chi connectivity index (χ2v) is 10.1. The Morgan fingerprint density at radius 3 is 2.78 bits per heavy atom. The highest BCUT2D eigenvalue weighted by Gasteiger charge is 2.53. The van der Waals surface area contributed by atoms with Crippen LogP contribution in [0.4, 0.5) is 0 Å². The van der Waals surface area contributed by atoms with E-state index in [1.54, 1.807) is 32.1 Å². The van der Waals surface area contributed by atoms with Gasteiger partial charge in [0.1, 0.15) is 12.2 Å². The third kappa shape index (κ3) is 5.31. The molecule has 3 heterocycles. The minimum absolute atomic E-state index is 0.0813. The number of ether oxygens (including phenoxy) is 5. The number of esters is 2. The molecular formula is C29H36O8. The monoisotopic (exact) mass is 512 g/mol. The van der Waals surface area contributed by atoms with Crippen molar-refractivity contribution in [3.8, 4) is 11.5 Å². The van der Waals surface area contributed by atoms with E-state index in [0.717, 1.165) is 11.1 Å². The van der Waals surface area contributed by atoms with Crippen molar-refractivity contribution in [1.82, 2.24) is 0 Å². The number of hydrogen-bond donors (Lipinski definition) is 1. The van der Waals surface area contributed by atoms with Crippen LogP contribution in [-0.2, 0) is 35.0 Å². The van der Waals surface area contributed by atoms with Crippen LogP contribution in [0.25, 0.3) is 0 Å². The zero-order valence-corrected chi connectivity index (χ0v) is 22.1. The smallest absolute Gasteiger partial charge is 0.334 e. The van der Waals surface area contributed by atoms with Crippen LogP contribution in [-0.4, -0.2) is 54.9 Å². The SMILES string of the molecule is C=C1C(=O)O[C@@H]2C[C@H]3O[C@@](OCCc4ccc(O)c(OC)c4)(C=C3C)[C@H](C)C[C@H](OC(=O)/C(C)=C\C)[C@@H]12. The fourth-order valence-corrected chi connectivity index (χ4v) is 5.32. The molecule has 0 aliphatic carbocycles. The molecule has 3 aliphatic rings. The highest BCUT2D eigenvalue weighted by Crippen LogP contribution is 2.46. The standard InChI is InChI=1S/C29H36O8/c1-7-16(2)27(31)35-24-12-18(4)29(34-11-10-20-8-9-21(30)23(13-20)33-6)15-17(3)22(37-29)14-25-26(24)19(5)28(32)36-25/h7-9,13,15,18,22,24-26,30H,5,10-12,14H2,1-4,6H3/b16-7-/t18-,22-,24+,25-,26-,29+/m1/s1. The Bertz CT molecular complexity index is 1130. The first kappa shape index (κ1) is 26.9. The molecule has 1 aromatic rings. The Morgan fingerprint density at radius 2 is 2.08 bits per heavy atom. The second kappa shape index (κ2) is 10.7. The number of benzene rings is 1. The molecule has 0 unspecified atom stereocenters. The molecule has 1 aromatic carbocycles. The number of carbonyl (C=O) groups excluding carboxylic acids is 2. The first-order valence-corrected chi connectivity index (χ1v) is 12.7. The second-order valence-electron chi connectivity index (χ2n) is 10.1. The Balaban J connectivity index is 1.59. The summed E-state index contributed by atoms with van der Waals surface area (Å²) in [6.07, 6.45) is 3.64. The van der Waals surface area contributed by atoms with E-state index in [-0.39, 0.29) is 17.8 Å². The Kier molecular flexibility index (Phi) is 7.80. The molecule has 6 atom stereocenters. The molecule has 4 rings (SSSR count). The maximum absolute atomic E-state index is 12.8. The van der Waals surface area contributed by atoms with E-state index in [9.17, 15) is 14.7 Å². The minimum atomic E-state index is -1.03. The van der Waals surface area contributed by atoms with Crippen molar-refractivity contribution in [2.75, 3.05) is 13.7 Å². The van der Waals surface area contributed by atoms with Gasteiger partial charge in [-0.3, -0.25) is 0 Å². The number of allylic oxidation sites excluding steroid dienone is 1. The number of fused-ring (bicyclic) bond motifs is 3. The van der Waals surface area contributed by atoms with Gasteiger partial charge in [-0.1, -0.05) is 25.6 Å². The van der Waals surface area contributed by atoms with E-state index in [1.807, 2.05) is 26.0 Å². The number of methoxy groups -OCH3 is 1. The predicted octanol–water partition coefficient (Wildman–Crippen LogP) is 4.41. The zero-order valence-electron chi connectivity index (χ0n) is 22.1. The van der Waals surface area contributed by atoms with E-state index in [2.05, 4.69) is 6.58 Å². The quantitative estimate of drug-likeness (QED) is 0.326. The normalized spacial score (nSPS) is 31.5. The molecule has 2 fully saturated rings. The van der Waals surface area contributed by atoms with Crippen LogP contribution < -0.4 is 4.74 Å². The van der Waals surface area contributed by atoms with Gasteiger partial charge in [0.05, 0.1) is 25.7 Å². The van der Waals surface area contributed by atoms with Crippen molar-refractivity contribution in [2.24, 2.45) is 11.8 Å². The van der Waals surface area contributed by atoms with Crippen LogP contribution in [0.1, 0.15) is 46.1 Å². The van der Waals surface area contributed by atoms with Gasteiger partial charge >= 0.3 is 11.9 Å². The lowest BCUT2D eigenvalue weighted by Crippen LogP contribution is -2.42. The van der Waals surface area contributed by atoms with Crippen molar-refractivity contribution in [2.45, 2.75) is 71.1 Å². The van der Waals surface area contributed by atoms with Gasteiger partial charge in [-0.25, -0.2) is 9.59 Å². The van der Waals surface area contributed by atoms with Gasteiger partial charge in [0.2, 0.25) is 0 Å². The molecule has 0 aromatic heterocycles. The van der Waals surface area contributed by atoms with Crippen LogP contribution in [0.2, 0.25) is 0 Å². The lowest BCUT2D eigenvalue weighted by molar-refractivity contribution is -0.238. The summed E-state index contributed by atoms with van der Waals surface area (Å²) in [4.78, 5) is 25.2. The molecule has 0 spiro atoms. The molecule has 2 saturated heterocycles. The lowest BCUT2D eigenvalue weighted by atomic mass is 9.81. The van der Waals surface area contributed by atoms with E-state index >= 15 is 0 Å². The van der Waals surface area contributed by atoms with Gasteiger partial charge in [-0.2, -0.15) is 0 Å². The van der Waals surface area contributed by atoms with Gasteiger partial charge in [-0.05, 0) is 63.0 Å². The number of phenols is 1. The van der Waals surface area contributed by atoms with Crippen molar-refractivity contribution in [3.05, 3.63) is 59.2 Å². The zero-order chi connectivity index (χ0) is 26.9. The number of hydrogen-bond acceptors (Lipinski definition) is 8.